The SMILES string of the molecule is c1ccc(-n2c3ccccc3n3c4ccc5c6ccccc6n(-c6cccc([Si](c7ccccc7)(c7ccccc7)c7ccccc7)c6)c5c4nc23)cc1. The van der Waals surface area contributed by atoms with Gasteiger partial charge in [-0.2, -0.15) is 0 Å². The molecule has 5 heteroatoms. The highest BCUT2D eigenvalue weighted by atomic mass is 28.3. The van der Waals surface area contributed by atoms with Crippen LogP contribution < -0.4 is 20.7 Å². The van der Waals surface area contributed by atoms with E-state index >= 15 is 0 Å². The van der Waals surface area contributed by atoms with Crippen LogP contribution in [0.5, 0.6) is 0 Å². The quantitative estimate of drug-likeness (QED) is 0.125. The Morgan fingerprint density at radius 3 is 1.52 bits per heavy atom. The standard InChI is InChI=1S/C49H34N4Si/c1-5-18-35(19-6-1)52-44-30-15-16-31-45(44)53-46-33-32-42-41-28-13-14-29-43(41)51(48(42)47(46)50-49(52)53)36-20-17-27-40(34-36)54(37-21-7-2-8-22-37,38-23-9-3-10-24-38)39-25-11-4-12-26-39/h1-34H. The Labute approximate surface area is 313 Å². The van der Waals surface area contributed by atoms with Crippen molar-refractivity contribution in [2.75, 3.05) is 0 Å². The second kappa shape index (κ2) is 12.1. The van der Waals surface area contributed by atoms with Crippen LogP contribution >= 0.6 is 0 Å². The molecule has 8 aromatic carbocycles. The lowest BCUT2D eigenvalue weighted by Gasteiger charge is -2.34. The van der Waals surface area contributed by atoms with E-state index in [-0.39, 0.29) is 0 Å². The third kappa shape index (κ3) is 4.33. The number of hydrogen-bond acceptors (Lipinski definition) is 1. The molecule has 0 saturated carbocycles. The van der Waals surface area contributed by atoms with Gasteiger partial charge in [0.05, 0.1) is 27.6 Å². The zero-order chi connectivity index (χ0) is 35.6. The molecule has 0 radical (unpaired) electrons. The lowest BCUT2D eigenvalue weighted by atomic mass is 10.1. The van der Waals surface area contributed by atoms with Gasteiger partial charge in [0.2, 0.25) is 5.78 Å². The van der Waals surface area contributed by atoms with Gasteiger partial charge >= 0.3 is 0 Å². The molecule has 54 heavy (non-hydrogen) atoms. The topological polar surface area (TPSA) is 27.2 Å². The second-order valence-corrected chi connectivity index (χ2v) is 17.8. The van der Waals surface area contributed by atoms with Crippen molar-refractivity contribution >= 4 is 78.5 Å². The molecule has 254 valence electrons. The molecule has 0 aliphatic heterocycles. The van der Waals surface area contributed by atoms with Gasteiger partial charge in [-0.05, 0) is 75.3 Å². The van der Waals surface area contributed by atoms with E-state index in [0.717, 1.165) is 50.3 Å². The van der Waals surface area contributed by atoms with Crippen molar-refractivity contribution in [2.45, 2.75) is 0 Å². The predicted molar refractivity (Wildman–Crippen MR) is 227 cm³/mol. The maximum atomic E-state index is 5.57. The van der Waals surface area contributed by atoms with Crippen molar-refractivity contribution in [2.24, 2.45) is 0 Å². The van der Waals surface area contributed by atoms with Gasteiger partial charge in [-0.15, -0.1) is 0 Å². The van der Waals surface area contributed by atoms with Gasteiger partial charge in [-0.1, -0.05) is 152 Å². The highest BCUT2D eigenvalue weighted by Crippen LogP contribution is 2.38. The summed E-state index contributed by atoms with van der Waals surface area (Å²) in [6.07, 6.45) is 0. The number of fused-ring (bicyclic) bond motifs is 9. The average Bonchev–Trinajstić information content (AvgIpc) is 3.90. The van der Waals surface area contributed by atoms with E-state index < -0.39 is 8.07 Å². The van der Waals surface area contributed by atoms with Gasteiger partial charge in [0.1, 0.15) is 5.52 Å². The Hall–Kier alpha value is -6.95. The van der Waals surface area contributed by atoms with Gasteiger partial charge < -0.3 is 4.57 Å². The molecule has 0 aliphatic carbocycles. The third-order valence-electron chi connectivity index (χ3n) is 11.2. The van der Waals surface area contributed by atoms with Gasteiger partial charge in [0.15, 0.2) is 8.07 Å². The zero-order valence-electron chi connectivity index (χ0n) is 29.4. The summed E-state index contributed by atoms with van der Waals surface area (Å²) in [5.74, 6) is 0.902. The largest absolute Gasteiger partial charge is 0.307 e. The minimum Gasteiger partial charge on any atom is -0.307 e. The average molecular weight is 707 g/mol. The molecular formula is C49H34N4Si. The van der Waals surface area contributed by atoms with Crippen LogP contribution in [-0.4, -0.2) is 26.6 Å². The number of nitrogens with zero attached hydrogens (tertiary/aromatic N) is 4. The Kier molecular flexibility index (Phi) is 6.84. The van der Waals surface area contributed by atoms with Crippen LogP contribution in [0.1, 0.15) is 0 Å². The lowest BCUT2D eigenvalue weighted by molar-refractivity contribution is 1.11. The maximum Gasteiger partial charge on any atom is 0.220 e. The number of aromatic nitrogens is 4. The fourth-order valence-electron chi connectivity index (χ4n) is 8.96. The first-order valence-corrected chi connectivity index (χ1v) is 20.5. The molecule has 0 saturated heterocycles. The molecule has 0 amide bonds. The predicted octanol–water partition coefficient (Wildman–Crippen LogP) is 8.91. The Morgan fingerprint density at radius 1 is 0.352 bits per heavy atom. The molecule has 0 atom stereocenters. The van der Waals surface area contributed by atoms with Gasteiger partial charge in [0, 0.05) is 22.1 Å². The van der Waals surface area contributed by atoms with E-state index in [2.05, 4.69) is 220 Å². The number of hydrogen-bond donors (Lipinski definition) is 0. The summed E-state index contributed by atoms with van der Waals surface area (Å²) in [4.78, 5) is 5.57. The van der Waals surface area contributed by atoms with Crippen LogP contribution in [0.25, 0.3) is 61.0 Å². The van der Waals surface area contributed by atoms with E-state index in [4.69, 9.17) is 4.98 Å². The third-order valence-corrected chi connectivity index (χ3v) is 16.0. The summed E-state index contributed by atoms with van der Waals surface area (Å²) in [5, 5.41) is 7.81. The number of imidazole rings is 2. The van der Waals surface area contributed by atoms with E-state index in [9.17, 15) is 0 Å². The summed E-state index contributed by atoms with van der Waals surface area (Å²) in [5.41, 5.74) is 8.83. The highest BCUT2D eigenvalue weighted by molar-refractivity contribution is 7.19. The van der Waals surface area contributed by atoms with Crippen molar-refractivity contribution < 1.29 is 0 Å². The van der Waals surface area contributed by atoms with Crippen molar-refractivity contribution in [3.63, 3.8) is 0 Å². The van der Waals surface area contributed by atoms with Crippen LogP contribution in [0, 0.1) is 0 Å². The molecule has 0 spiro atoms. The lowest BCUT2D eigenvalue weighted by Crippen LogP contribution is -2.74. The minimum atomic E-state index is -2.76. The van der Waals surface area contributed by atoms with Crippen LogP contribution in [0.2, 0.25) is 0 Å². The molecular weight excluding hydrogens is 673 g/mol. The Bertz CT molecular complexity index is 3050. The first-order valence-electron chi connectivity index (χ1n) is 18.5. The van der Waals surface area contributed by atoms with Crippen molar-refractivity contribution in [3.8, 4) is 11.4 Å². The number of benzene rings is 8. The van der Waals surface area contributed by atoms with Crippen molar-refractivity contribution in [1.82, 2.24) is 18.5 Å². The van der Waals surface area contributed by atoms with Crippen LogP contribution in [0.4, 0.5) is 0 Å². The summed E-state index contributed by atoms with van der Waals surface area (Å²) in [7, 11) is -2.76. The van der Waals surface area contributed by atoms with E-state index in [1.807, 2.05) is 0 Å². The summed E-state index contributed by atoms with van der Waals surface area (Å²) < 4.78 is 7.07. The minimum absolute atomic E-state index is 0.902. The first-order chi connectivity index (χ1) is 26.8. The molecule has 0 N–H and O–H groups in total. The van der Waals surface area contributed by atoms with Crippen LogP contribution in [0.15, 0.2) is 206 Å². The number of para-hydroxylation sites is 4. The fraction of sp³-hybridized carbons (Fsp3) is 0. The first kappa shape index (κ1) is 30.7. The van der Waals surface area contributed by atoms with Crippen LogP contribution in [-0.2, 0) is 0 Å². The fourth-order valence-corrected chi connectivity index (χ4v) is 13.7. The van der Waals surface area contributed by atoms with Crippen molar-refractivity contribution in [3.05, 3.63) is 206 Å². The second-order valence-electron chi connectivity index (χ2n) is 14.0. The molecule has 11 aromatic rings. The van der Waals surface area contributed by atoms with Crippen molar-refractivity contribution in [1.29, 1.82) is 0 Å². The molecule has 3 aromatic heterocycles. The van der Waals surface area contributed by atoms with E-state index in [1.165, 1.54) is 31.5 Å². The smallest absolute Gasteiger partial charge is 0.220 e. The Morgan fingerprint density at radius 2 is 0.870 bits per heavy atom. The normalized spacial score (nSPS) is 12.1. The zero-order valence-corrected chi connectivity index (χ0v) is 30.4. The van der Waals surface area contributed by atoms with Crippen LogP contribution in [0.3, 0.4) is 0 Å². The monoisotopic (exact) mass is 706 g/mol. The molecule has 3 heterocycles. The summed E-state index contributed by atoms with van der Waals surface area (Å²) in [6.45, 7) is 0. The summed E-state index contributed by atoms with van der Waals surface area (Å²) in [6, 6.07) is 75.3. The van der Waals surface area contributed by atoms with Gasteiger partial charge in [0.25, 0.3) is 0 Å². The van der Waals surface area contributed by atoms with E-state index in [1.54, 1.807) is 0 Å². The molecule has 0 aliphatic rings. The molecule has 0 unspecified atom stereocenters. The molecule has 4 nitrogen and oxygen atoms in total. The molecule has 0 bridgehead atoms. The molecule has 0 fully saturated rings. The molecule has 11 rings (SSSR count). The number of rotatable bonds is 6. The van der Waals surface area contributed by atoms with Gasteiger partial charge in [-0.25, -0.2) is 4.98 Å². The maximum absolute atomic E-state index is 5.57. The summed E-state index contributed by atoms with van der Waals surface area (Å²) >= 11 is 0. The van der Waals surface area contributed by atoms with Gasteiger partial charge in [-0.3, -0.25) is 8.97 Å². The highest BCUT2D eigenvalue weighted by Gasteiger charge is 2.41. The Balaban J connectivity index is 1.25. The van der Waals surface area contributed by atoms with E-state index in [0.29, 0.717) is 0 Å².